The fourth-order valence-corrected chi connectivity index (χ4v) is 4.66. The van der Waals surface area contributed by atoms with E-state index in [0.29, 0.717) is 24.7 Å². The maximum Gasteiger partial charge on any atom is 0.289 e. The Morgan fingerprint density at radius 1 is 1.19 bits per heavy atom. The molecule has 2 amide bonds. The molecule has 4 rings (SSSR count). The molecule has 2 aromatic heterocycles. The number of piperidine rings is 1. The molecule has 9 heteroatoms. The highest BCUT2D eigenvalue weighted by atomic mass is 16.2. The first-order valence-corrected chi connectivity index (χ1v) is 11.3. The van der Waals surface area contributed by atoms with Gasteiger partial charge >= 0.3 is 0 Å². The summed E-state index contributed by atoms with van der Waals surface area (Å²) in [5.74, 6) is 1.86. The number of nitrogens with one attached hydrogen (secondary N) is 1. The van der Waals surface area contributed by atoms with Crippen LogP contribution in [0, 0.1) is 11.3 Å². The number of nitrogens with zero attached hydrogens (tertiary/aromatic N) is 6. The Morgan fingerprint density at radius 3 is 2.65 bits per heavy atom. The fraction of sp³-hybridized carbons (Fsp3) is 0.682. The summed E-state index contributed by atoms with van der Waals surface area (Å²) in [7, 11) is 1.86. The van der Waals surface area contributed by atoms with E-state index < -0.39 is 0 Å². The zero-order chi connectivity index (χ0) is 22.0. The summed E-state index contributed by atoms with van der Waals surface area (Å²) in [4.78, 5) is 27.3. The molecule has 0 aliphatic carbocycles. The number of amides is 2. The molecule has 2 aromatic rings. The Labute approximate surface area is 183 Å². The van der Waals surface area contributed by atoms with Crippen molar-refractivity contribution in [2.75, 3.05) is 19.6 Å². The quantitative estimate of drug-likeness (QED) is 0.755. The van der Waals surface area contributed by atoms with Crippen LogP contribution in [0.3, 0.4) is 0 Å². The van der Waals surface area contributed by atoms with Gasteiger partial charge in [0.05, 0.1) is 12.1 Å². The third-order valence-electron chi connectivity index (χ3n) is 6.69. The van der Waals surface area contributed by atoms with Crippen LogP contribution in [0.5, 0.6) is 0 Å². The SMILES string of the molecule is CC(C)CCNC(=O)c1nnc2n1CC1(CC2)CCN(C(=O)Cc2ccn(C)n2)CC1. The third kappa shape index (κ3) is 4.80. The Bertz CT molecular complexity index is 938. The minimum absolute atomic E-state index is 0.101. The lowest BCUT2D eigenvalue weighted by Gasteiger charge is -2.44. The predicted molar refractivity (Wildman–Crippen MR) is 115 cm³/mol. The zero-order valence-corrected chi connectivity index (χ0v) is 18.8. The summed E-state index contributed by atoms with van der Waals surface area (Å²) >= 11 is 0. The van der Waals surface area contributed by atoms with E-state index in [4.69, 9.17) is 0 Å². The number of aryl methyl sites for hydroxylation is 2. The van der Waals surface area contributed by atoms with Crippen LogP contribution in [0.25, 0.3) is 0 Å². The highest BCUT2D eigenvalue weighted by Gasteiger charge is 2.40. The predicted octanol–water partition coefficient (Wildman–Crippen LogP) is 1.59. The molecule has 0 radical (unpaired) electrons. The van der Waals surface area contributed by atoms with Crippen LogP contribution in [0.2, 0.25) is 0 Å². The number of fused-ring (bicyclic) bond motifs is 1. The fourth-order valence-electron chi connectivity index (χ4n) is 4.66. The van der Waals surface area contributed by atoms with Gasteiger partial charge in [0, 0.05) is 45.8 Å². The van der Waals surface area contributed by atoms with Crippen molar-refractivity contribution < 1.29 is 9.59 Å². The zero-order valence-electron chi connectivity index (χ0n) is 18.8. The second-order valence-corrected chi connectivity index (χ2v) is 9.50. The molecule has 1 spiro atoms. The van der Waals surface area contributed by atoms with E-state index in [9.17, 15) is 9.59 Å². The molecule has 2 aliphatic heterocycles. The molecule has 0 saturated carbocycles. The van der Waals surface area contributed by atoms with Crippen molar-refractivity contribution in [3.8, 4) is 0 Å². The van der Waals surface area contributed by atoms with Crippen molar-refractivity contribution >= 4 is 11.8 Å². The van der Waals surface area contributed by atoms with E-state index >= 15 is 0 Å². The monoisotopic (exact) mass is 427 g/mol. The molecule has 1 saturated heterocycles. The highest BCUT2D eigenvalue weighted by Crippen LogP contribution is 2.41. The minimum atomic E-state index is -0.139. The number of aromatic nitrogens is 5. The van der Waals surface area contributed by atoms with E-state index in [1.54, 1.807) is 4.68 Å². The van der Waals surface area contributed by atoms with Gasteiger partial charge in [0.25, 0.3) is 5.91 Å². The number of hydrogen-bond acceptors (Lipinski definition) is 5. The van der Waals surface area contributed by atoms with Gasteiger partial charge in [-0.05, 0) is 43.1 Å². The van der Waals surface area contributed by atoms with Crippen LogP contribution in [-0.2, 0) is 31.2 Å². The molecule has 2 aliphatic rings. The highest BCUT2D eigenvalue weighted by molar-refractivity contribution is 5.90. The van der Waals surface area contributed by atoms with Crippen molar-refractivity contribution in [2.24, 2.45) is 18.4 Å². The van der Waals surface area contributed by atoms with Crippen molar-refractivity contribution in [3.63, 3.8) is 0 Å². The van der Waals surface area contributed by atoms with E-state index in [1.807, 2.05) is 28.8 Å². The first-order chi connectivity index (χ1) is 14.8. The Balaban J connectivity index is 1.36. The molecule has 0 unspecified atom stereocenters. The molecule has 4 heterocycles. The standard InChI is InChI=1S/C22H33N7O2/c1-16(2)5-10-23-21(31)20-25-24-18-4-7-22(15-29(18)20)8-12-28(13-9-22)19(30)14-17-6-11-27(3)26-17/h6,11,16H,4-5,7-10,12-15H2,1-3H3,(H,23,31). The number of carbonyl (C=O) groups is 2. The van der Waals surface area contributed by atoms with Gasteiger partial charge in [0.15, 0.2) is 0 Å². The molecule has 31 heavy (non-hydrogen) atoms. The lowest BCUT2D eigenvalue weighted by molar-refractivity contribution is -0.133. The van der Waals surface area contributed by atoms with E-state index in [0.717, 1.165) is 63.3 Å². The summed E-state index contributed by atoms with van der Waals surface area (Å²) < 4.78 is 3.74. The van der Waals surface area contributed by atoms with Gasteiger partial charge < -0.3 is 14.8 Å². The van der Waals surface area contributed by atoms with E-state index in [-0.39, 0.29) is 17.2 Å². The Morgan fingerprint density at radius 2 is 1.97 bits per heavy atom. The van der Waals surface area contributed by atoms with Crippen molar-refractivity contribution in [2.45, 2.75) is 58.9 Å². The van der Waals surface area contributed by atoms with Gasteiger partial charge in [-0.15, -0.1) is 10.2 Å². The largest absolute Gasteiger partial charge is 0.349 e. The summed E-state index contributed by atoms with van der Waals surface area (Å²) in [5, 5.41) is 15.8. The number of hydrogen-bond donors (Lipinski definition) is 1. The van der Waals surface area contributed by atoms with E-state index in [1.165, 1.54) is 0 Å². The molecule has 0 aromatic carbocycles. The first-order valence-electron chi connectivity index (χ1n) is 11.3. The maximum absolute atomic E-state index is 12.7. The molecule has 0 atom stereocenters. The van der Waals surface area contributed by atoms with Crippen molar-refractivity contribution in [1.29, 1.82) is 0 Å². The van der Waals surface area contributed by atoms with Crippen LogP contribution in [-0.4, -0.2) is 60.9 Å². The Hall–Kier alpha value is -2.71. The molecular formula is C22H33N7O2. The van der Waals surface area contributed by atoms with Crippen LogP contribution in [0.15, 0.2) is 12.3 Å². The van der Waals surface area contributed by atoms with Crippen molar-refractivity contribution in [1.82, 2.24) is 34.8 Å². The third-order valence-corrected chi connectivity index (χ3v) is 6.69. The molecule has 0 bridgehead atoms. The van der Waals surface area contributed by atoms with Gasteiger partial charge in [0.1, 0.15) is 5.82 Å². The van der Waals surface area contributed by atoms with Gasteiger partial charge in [-0.25, -0.2) is 0 Å². The summed E-state index contributed by atoms with van der Waals surface area (Å²) in [6.07, 6.45) is 6.89. The normalized spacial score (nSPS) is 17.7. The van der Waals surface area contributed by atoms with Gasteiger partial charge in [-0.1, -0.05) is 13.8 Å². The van der Waals surface area contributed by atoms with E-state index in [2.05, 4.69) is 34.5 Å². The summed E-state index contributed by atoms with van der Waals surface area (Å²) in [6, 6.07) is 1.89. The van der Waals surface area contributed by atoms with Crippen LogP contribution in [0.4, 0.5) is 0 Å². The molecule has 9 nitrogen and oxygen atoms in total. The van der Waals surface area contributed by atoms with Crippen LogP contribution < -0.4 is 5.32 Å². The topological polar surface area (TPSA) is 97.9 Å². The van der Waals surface area contributed by atoms with Gasteiger partial charge in [-0.2, -0.15) is 5.10 Å². The second-order valence-electron chi connectivity index (χ2n) is 9.50. The number of carbonyl (C=O) groups excluding carboxylic acids is 2. The second kappa shape index (κ2) is 8.80. The maximum atomic E-state index is 12.7. The Kier molecular flexibility index (Phi) is 6.11. The number of rotatable bonds is 6. The molecule has 168 valence electrons. The molecule has 1 N–H and O–H groups in total. The minimum Gasteiger partial charge on any atom is -0.349 e. The van der Waals surface area contributed by atoms with Crippen molar-refractivity contribution in [3.05, 3.63) is 29.6 Å². The van der Waals surface area contributed by atoms with Gasteiger partial charge in [-0.3, -0.25) is 14.3 Å². The summed E-state index contributed by atoms with van der Waals surface area (Å²) in [5.41, 5.74) is 0.914. The lowest BCUT2D eigenvalue weighted by Crippen LogP contribution is -2.47. The lowest BCUT2D eigenvalue weighted by atomic mass is 9.73. The summed E-state index contributed by atoms with van der Waals surface area (Å²) in [6.45, 7) is 7.18. The molecular weight excluding hydrogens is 394 g/mol. The van der Waals surface area contributed by atoms with Gasteiger partial charge in [0.2, 0.25) is 11.7 Å². The number of likely N-dealkylation sites (tertiary alicyclic amines) is 1. The molecule has 1 fully saturated rings. The smallest absolute Gasteiger partial charge is 0.289 e. The van der Waals surface area contributed by atoms with Crippen LogP contribution in [0.1, 0.15) is 61.7 Å². The average Bonchev–Trinajstić information content (AvgIpc) is 3.33. The average molecular weight is 428 g/mol. The first kappa shape index (κ1) is 21.5. The van der Waals surface area contributed by atoms with Crippen LogP contribution >= 0.6 is 0 Å².